The zero-order valence-corrected chi connectivity index (χ0v) is 12.7. The molecular weight excluding hydrogens is 290 g/mol. The third-order valence-corrected chi connectivity index (χ3v) is 3.48. The molecule has 2 aromatic carbocycles. The minimum absolute atomic E-state index is 0.213. The van der Waals surface area contributed by atoms with Crippen LogP contribution in [0.5, 0.6) is 0 Å². The Hall–Kier alpha value is -2.92. The summed E-state index contributed by atoms with van der Waals surface area (Å²) in [5.74, 6) is 0.544. The standard InChI is InChI=1S/C18H17N3O2/c1-23-16(13-6-3-2-4-7-13)18(22)21-15-9-5-8-14(12-15)17-19-10-11-20-17/h2-12,16H,1H3,(H,19,20)(H,21,22). The molecule has 5 nitrogen and oxygen atoms in total. The van der Waals surface area contributed by atoms with Crippen LogP contribution in [-0.4, -0.2) is 23.0 Å². The summed E-state index contributed by atoms with van der Waals surface area (Å²) in [5, 5.41) is 2.89. The van der Waals surface area contributed by atoms with Crippen LogP contribution < -0.4 is 5.32 Å². The molecule has 0 saturated carbocycles. The van der Waals surface area contributed by atoms with Gasteiger partial charge in [-0.1, -0.05) is 42.5 Å². The van der Waals surface area contributed by atoms with Crippen molar-refractivity contribution in [2.24, 2.45) is 0 Å². The van der Waals surface area contributed by atoms with Crippen LogP contribution in [-0.2, 0) is 9.53 Å². The molecule has 0 aliphatic heterocycles. The van der Waals surface area contributed by atoms with Crippen molar-refractivity contribution in [2.75, 3.05) is 12.4 Å². The number of hydrogen-bond donors (Lipinski definition) is 2. The van der Waals surface area contributed by atoms with Crippen LogP contribution in [0.15, 0.2) is 67.0 Å². The number of hydrogen-bond acceptors (Lipinski definition) is 3. The first-order valence-corrected chi connectivity index (χ1v) is 7.26. The second kappa shape index (κ2) is 6.89. The van der Waals surface area contributed by atoms with Crippen LogP contribution in [0.3, 0.4) is 0 Å². The smallest absolute Gasteiger partial charge is 0.258 e. The Balaban J connectivity index is 1.78. The fraction of sp³-hybridized carbons (Fsp3) is 0.111. The minimum Gasteiger partial charge on any atom is -0.367 e. The second-order valence-electron chi connectivity index (χ2n) is 5.03. The van der Waals surface area contributed by atoms with E-state index in [-0.39, 0.29) is 5.91 Å². The van der Waals surface area contributed by atoms with Crippen molar-refractivity contribution in [1.82, 2.24) is 9.97 Å². The Morgan fingerprint density at radius 1 is 1.17 bits per heavy atom. The predicted molar refractivity (Wildman–Crippen MR) is 88.8 cm³/mol. The summed E-state index contributed by atoms with van der Waals surface area (Å²) in [6.07, 6.45) is 2.80. The highest BCUT2D eigenvalue weighted by Crippen LogP contribution is 2.22. The number of imidazole rings is 1. The highest BCUT2D eigenvalue weighted by molar-refractivity contribution is 5.95. The van der Waals surface area contributed by atoms with Gasteiger partial charge in [-0.25, -0.2) is 4.98 Å². The molecule has 0 fully saturated rings. The number of ether oxygens (including phenoxy) is 1. The summed E-state index contributed by atoms with van der Waals surface area (Å²) in [7, 11) is 1.52. The molecule has 23 heavy (non-hydrogen) atoms. The van der Waals surface area contributed by atoms with Gasteiger partial charge in [0.2, 0.25) is 0 Å². The Morgan fingerprint density at radius 2 is 2.00 bits per heavy atom. The van der Waals surface area contributed by atoms with E-state index in [1.807, 2.05) is 54.6 Å². The molecule has 116 valence electrons. The van der Waals surface area contributed by atoms with E-state index in [0.717, 1.165) is 17.0 Å². The van der Waals surface area contributed by atoms with Crippen LogP contribution in [0.25, 0.3) is 11.4 Å². The molecule has 3 aromatic rings. The lowest BCUT2D eigenvalue weighted by Crippen LogP contribution is -2.22. The molecule has 2 N–H and O–H groups in total. The molecule has 1 heterocycles. The molecule has 0 spiro atoms. The van der Waals surface area contributed by atoms with E-state index in [1.54, 1.807) is 12.4 Å². The van der Waals surface area contributed by atoms with Crippen LogP contribution in [0.1, 0.15) is 11.7 Å². The predicted octanol–water partition coefficient (Wildman–Crippen LogP) is 3.40. The molecule has 5 heteroatoms. The third kappa shape index (κ3) is 3.46. The maximum Gasteiger partial charge on any atom is 0.258 e. The highest BCUT2D eigenvalue weighted by Gasteiger charge is 2.20. The van der Waals surface area contributed by atoms with Crippen molar-refractivity contribution in [1.29, 1.82) is 0 Å². The number of methoxy groups -OCH3 is 1. The van der Waals surface area contributed by atoms with Gasteiger partial charge in [0, 0.05) is 30.8 Å². The number of benzene rings is 2. The van der Waals surface area contributed by atoms with E-state index < -0.39 is 6.10 Å². The van der Waals surface area contributed by atoms with Gasteiger partial charge >= 0.3 is 0 Å². The van der Waals surface area contributed by atoms with Crippen LogP contribution in [0.2, 0.25) is 0 Å². The second-order valence-corrected chi connectivity index (χ2v) is 5.03. The van der Waals surface area contributed by atoms with Gasteiger partial charge in [0.25, 0.3) is 5.91 Å². The summed E-state index contributed by atoms with van der Waals surface area (Å²) in [6.45, 7) is 0. The topological polar surface area (TPSA) is 67.0 Å². The van der Waals surface area contributed by atoms with Crippen molar-refractivity contribution < 1.29 is 9.53 Å². The molecule has 0 aliphatic rings. The highest BCUT2D eigenvalue weighted by atomic mass is 16.5. The normalized spacial score (nSPS) is 11.9. The summed E-state index contributed by atoms with van der Waals surface area (Å²) < 4.78 is 5.34. The largest absolute Gasteiger partial charge is 0.367 e. The summed E-state index contributed by atoms with van der Waals surface area (Å²) in [5.41, 5.74) is 2.41. The van der Waals surface area contributed by atoms with Crippen molar-refractivity contribution in [2.45, 2.75) is 6.10 Å². The maximum absolute atomic E-state index is 12.5. The number of nitrogens with one attached hydrogen (secondary N) is 2. The van der Waals surface area contributed by atoms with E-state index in [2.05, 4.69) is 15.3 Å². The number of aromatic nitrogens is 2. The van der Waals surface area contributed by atoms with Gasteiger partial charge in [-0.05, 0) is 17.7 Å². The minimum atomic E-state index is -0.650. The van der Waals surface area contributed by atoms with E-state index in [4.69, 9.17) is 4.74 Å². The lowest BCUT2D eigenvalue weighted by molar-refractivity contribution is -0.126. The Labute approximate surface area is 134 Å². The molecule has 0 bridgehead atoms. The summed E-state index contributed by atoms with van der Waals surface area (Å²) in [6, 6.07) is 16.9. The first-order chi connectivity index (χ1) is 11.3. The van der Waals surface area contributed by atoms with Gasteiger partial charge < -0.3 is 15.0 Å². The van der Waals surface area contributed by atoms with Crippen molar-refractivity contribution in [3.05, 3.63) is 72.6 Å². The van der Waals surface area contributed by atoms with E-state index in [9.17, 15) is 4.79 Å². The number of carbonyl (C=O) groups is 1. The lowest BCUT2D eigenvalue weighted by atomic mass is 10.1. The average molecular weight is 307 g/mol. The van der Waals surface area contributed by atoms with Crippen LogP contribution in [0.4, 0.5) is 5.69 Å². The zero-order valence-electron chi connectivity index (χ0n) is 12.7. The van der Waals surface area contributed by atoms with Crippen LogP contribution in [0, 0.1) is 0 Å². The quantitative estimate of drug-likeness (QED) is 0.759. The van der Waals surface area contributed by atoms with Gasteiger partial charge in [-0.15, -0.1) is 0 Å². The maximum atomic E-state index is 12.5. The van der Waals surface area contributed by atoms with Crippen molar-refractivity contribution in [3.8, 4) is 11.4 Å². The number of anilines is 1. The Kier molecular flexibility index (Phi) is 4.49. The van der Waals surface area contributed by atoms with E-state index in [1.165, 1.54) is 7.11 Å². The third-order valence-electron chi connectivity index (χ3n) is 3.48. The fourth-order valence-corrected chi connectivity index (χ4v) is 2.40. The summed E-state index contributed by atoms with van der Waals surface area (Å²) in [4.78, 5) is 19.7. The van der Waals surface area contributed by atoms with Crippen molar-refractivity contribution >= 4 is 11.6 Å². The van der Waals surface area contributed by atoms with Crippen LogP contribution >= 0.6 is 0 Å². The molecule has 1 unspecified atom stereocenters. The molecule has 1 aromatic heterocycles. The molecule has 0 radical (unpaired) electrons. The molecule has 3 rings (SSSR count). The number of nitrogens with zero attached hydrogens (tertiary/aromatic N) is 1. The number of aromatic amines is 1. The molecule has 1 atom stereocenters. The van der Waals surface area contributed by atoms with Gasteiger partial charge in [0.1, 0.15) is 5.82 Å². The van der Waals surface area contributed by atoms with Gasteiger partial charge in [0.05, 0.1) is 0 Å². The number of carbonyl (C=O) groups excluding carboxylic acids is 1. The number of amides is 1. The Morgan fingerprint density at radius 3 is 2.70 bits per heavy atom. The van der Waals surface area contributed by atoms with E-state index in [0.29, 0.717) is 5.69 Å². The number of H-pyrrole nitrogens is 1. The summed E-state index contributed by atoms with van der Waals surface area (Å²) >= 11 is 0. The zero-order chi connectivity index (χ0) is 16.1. The van der Waals surface area contributed by atoms with Gasteiger partial charge in [-0.2, -0.15) is 0 Å². The monoisotopic (exact) mass is 307 g/mol. The molecule has 0 saturated heterocycles. The van der Waals surface area contributed by atoms with Crippen molar-refractivity contribution in [3.63, 3.8) is 0 Å². The number of rotatable bonds is 5. The van der Waals surface area contributed by atoms with Gasteiger partial charge in [0.15, 0.2) is 6.10 Å². The van der Waals surface area contributed by atoms with Gasteiger partial charge in [-0.3, -0.25) is 4.79 Å². The average Bonchev–Trinajstić information content (AvgIpc) is 3.11. The molecule has 0 aliphatic carbocycles. The SMILES string of the molecule is COC(C(=O)Nc1cccc(-c2ncc[nH]2)c1)c1ccccc1. The molecule has 1 amide bonds. The van der Waals surface area contributed by atoms with E-state index >= 15 is 0 Å². The fourth-order valence-electron chi connectivity index (χ4n) is 2.40. The first-order valence-electron chi connectivity index (χ1n) is 7.26. The first kappa shape index (κ1) is 15.0. The Bertz CT molecular complexity index is 770. The molecular formula is C18H17N3O2. The lowest BCUT2D eigenvalue weighted by Gasteiger charge is -2.16.